The predicted octanol–water partition coefficient (Wildman–Crippen LogP) is 1.80. The normalized spacial score (nSPS) is 22.4. The Labute approximate surface area is 171 Å². The molecule has 9 heteroatoms. The van der Waals surface area contributed by atoms with Gasteiger partial charge in [0.05, 0.1) is 5.69 Å². The molecule has 29 heavy (non-hydrogen) atoms. The molecule has 5 rings (SSSR count). The topological polar surface area (TPSA) is 101 Å². The molecule has 0 bridgehead atoms. The van der Waals surface area contributed by atoms with Gasteiger partial charge >= 0.3 is 0 Å². The lowest BCUT2D eigenvalue weighted by Crippen LogP contribution is -2.48. The molecule has 8 nitrogen and oxygen atoms in total. The number of carbonyl (C=O) groups is 2. The van der Waals surface area contributed by atoms with Gasteiger partial charge in [-0.25, -0.2) is 4.98 Å². The number of hydrogen-bond donors (Lipinski definition) is 1. The SMILES string of the molecule is CN1C(=O)[C@H](NC(=O)c2nnc(Cc3ccccc3)s2)[C@@H]2C[C@@H]2c2nccnc21. The summed E-state index contributed by atoms with van der Waals surface area (Å²) in [6.45, 7) is 0. The molecular weight excluding hydrogens is 388 g/mol. The molecule has 1 fully saturated rings. The van der Waals surface area contributed by atoms with Gasteiger partial charge in [0, 0.05) is 31.8 Å². The van der Waals surface area contributed by atoms with Crippen LogP contribution in [-0.4, -0.2) is 45.1 Å². The molecule has 2 amide bonds. The second-order valence-corrected chi connectivity index (χ2v) is 8.35. The van der Waals surface area contributed by atoms with Crippen molar-refractivity contribution >= 4 is 29.0 Å². The molecule has 2 aromatic heterocycles. The maximum Gasteiger partial charge on any atom is 0.282 e. The third-order valence-corrected chi connectivity index (χ3v) is 6.31. The van der Waals surface area contributed by atoms with Crippen molar-refractivity contribution in [2.45, 2.75) is 24.8 Å². The van der Waals surface area contributed by atoms with E-state index in [9.17, 15) is 9.59 Å². The standard InChI is InChI=1S/C20H18N6O2S/c1-26-17-15(21-7-8-22-17)12-10-13(12)16(20(26)28)23-18(27)19-25-24-14(29-19)9-11-5-3-2-4-6-11/h2-8,12-13,16H,9-10H2,1H3,(H,23,27)/t12-,13+,16+/m0/s1. The fourth-order valence-electron chi connectivity index (χ4n) is 3.81. The van der Waals surface area contributed by atoms with Crippen LogP contribution in [0, 0.1) is 5.92 Å². The van der Waals surface area contributed by atoms with Gasteiger partial charge in [0.1, 0.15) is 11.0 Å². The zero-order valence-corrected chi connectivity index (χ0v) is 16.5. The molecule has 3 heterocycles. The summed E-state index contributed by atoms with van der Waals surface area (Å²) in [5, 5.41) is 12.1. The van der Waals surface area contributed by atoms with Gasteiger partial charge in [0.25, 0.3) is 11.8 Å². The van der Waals surface area contributed by atoms with Gasteiger partial charge in [-0.2, -0.15) is 0 Å². The summed E-state index contributed by atoms with van der Waals surface area (Å²) >= 11 is 1.25. The summed E-state index contributed by atoms with van der Waals surface area (Å²) in [6, 6.07) is 9.28. The molecule has 146 valence electrons. The number of nitrogens with one attached hydrogen (secondary N) is 1. The largest absolute Gasteiger partial charge is 0.338 e. The lowest BCUT2D eigenvalue weighted by Gasteiger charge is -2.22. The van der Waals surface area contributed by atoms with E-state index in [4.69, 9.17) is 0 Å². The maximum absolute atomic E-state index is 13.0. The fraction of sp³-hybridized carbons (Fsp3) is 0.300. The van der Waals surface area contributed by atoms with Crippen LogP contribution in [0.25, 0.3) is 0 Å². The second kappa shape index (κ2) is 7.00. The third-order valence-electron chi connectivity index (χ3n) is 5.39. The van der Waals surface area contributed by atoms with E-state index < -0.39 is 6.04 Å². The van der Waals surface area contributed by atoms with Crippen LogP contribution in [-0.2, 0) is 11.2 Å². The number of carbonyl (C=O) groups excluding carboxylic acids is 2. The van der Waals surface area contributed by atoms with E-state index >= 15 is 0 Å². The average Bonchev–Trinajstić information content (AvgIpc) is 3.41. The minimum absolute atomic E-state index is 0.0311. The number of benzene rings is 1. The molecule has 0 spiro atoms. The van der Waals surface area contributed by atoms with Crippen LogP contribution in [0.2, 0.25) is 0 Å². The number of anilines is 1. The van der Waals surface area contributed by atoms with Crippen LogP contribution in [0.15, 0.2) is 42.7 Å². The van der Waals surface area contributed by atoms with Crippen molar-refractivity contribution in [1.82, 2.24) is 25.5 Å². The first-order valence-electron chi connectivity index (χ1n) is 9.37. The summed E-state index contributed by atoms with van der Waals surface area (Å²) in [4.78, 5) is 36.0. The second-order valence-electron chi connectivity index (χ2n) is 7.28. The molecule has 1 aliphatic carbocycles. The zero-order valence-electron chi connectivity index (χ0n) is 15.6. The van der Waals surface area contributed by atoms with Crippen molar-refractivity contribution in [2.75, 3.05) is 11.9 Å². The highest BCUT2D eigenvalue weighted by atomic mass is 32.1. The Morgan fingerprint density at radius 1 is 1.21 bits per heavy atom. The fourth-order valence-corrected chi connectivity index (χ4v) is 4.59. The first-order valence-corrected chi connectivity index (χ1v) is 10.2. The molecular formula is C20H18N6O2S. The Bertz CT molecular complexity index is 1090. The third kappa shape index (κ3) is 3.27. The highest BCUT2D eigenvalue weighted by molar-refractivity contribution is 7.13. The van der Waals surface area contributed by atoms with Crippen LogP contribution < -0.4 is 10.2 Å². The van der Waals surface area contributed by atoms with E-state index in [1.54, 1.807) is 19.4 Å². The van der Waals surface area contributed by atoms with Crippen molar-refractivity contribution in [1.29, 1.82) is 0 Å². The van der Waals surface area contributed by atoms with Crippen molar-refractivity contribution in [3.8, 4) is 0 Å². The molecule has 1 aromatic carbocycles. The summed E-state index contributed by atoms with van der Waals surface area (Å²) in [5.41, 5.74) is 1.93. The van der Waals surface area contributed by atoms with E-state index in [1.807, 2.05) is 30.3 Å². The van der Waals surface area contributed by atoms with E-state index in [1.165, 1.54) is 16.2 Å². The monoisotopic (exact) mass is 406 g/mol. The number of amides is 2. The van der Waals surface area contributed by atoms with Gasteiger partial charge in [-0.05, 0) is 17.9 Å². The number of aromatic nitrogens is 4. The Morgan fingerprint density at radius 2 is 2.00 bits per heavy atom. The molecule has 2 aliphatic rings. The summed E-state index contributed by atoms with van der Waals surface area (Å²) in [6.07, 6.45) is 4.65. The van der Waals surface area contributed by atoms with Crippen LogP contribution in [0.1, 0.15) is 38.4 Å². The van der Waals surface area contributed by atoms with E-state index in [2.05, 4.69) is 25.5 Å². The molecule has 1 saturated carbocycles. The van der Waals surface area contributed by atoms with E-state index in [0.29, 0.717) is 12.2 Å². The van der Waals surface area contributed by atoms with E-state index in [-0.39, 0.29) is 28.7 Å². The first kappa shape index (κ1) is 17.9. The molecule has 3 atom stereocenters. The van der Waals surface area contributed by atoms with Crippen LogP contribution in [0.3, 0.4) is 0 Å². The molecule has 0 unspecified atom stereocenters. The number of rotatable bonds is 4. The lowest BCUT2D eigenvalue weighted by atomic mass is 10.1. The highest BCUT2D eigenvalue weighted by Crippen LogP contribution is 2.53. The quantitative estimate of drug-likeness (QED) is 0.709. The number of likely N-dealkylation sites (N-methyl/N-ethyl adjacent to an activating group) is 1. The number of hydrogen-bond acceptors (Lipinski definition) is 7. The Balaban J connectivity index is 1.32. The van der Waals surface area contributed by atoms with Gasteiger partial charge in [-0.3, -0.25) is 19.5 Å². The summed E-state index contributed by atoms with van der Waals surface area (Å²) < 4.78 is 0. The smallest absolute Gasteiger partial charge is 0.282 e. The average molecular weight is 406 g/mol. The Hall–Kier alpha value is -3.20. The first-order chi connectivity index (χ1) is 14.1. The van der Waals surface area contributed by atoms with Gasteiger partial charge in [-0.15, -0.1) is 10.2 Å². The molecule has 3 aromatic rings. The Kier molecular flexibility index (Phi) is 4.31. The summed E-state index contributed by atoms with van der Waals surface area (Å²) in [7, 11) is 1.67. The van der Waals surface area contributed by atoms with Crippen molar-refractivity contribution in [3.05, 3.63) is 64.0 Å². The zero-order chi connectivity index (χ0) is 20.0. The molecule has 1 aliphatic heterocycles. The molecule has 0 radical (unpaired) electrons. The van der Waals surface area contributed by atoms with Crippen LogP contribution in [0.4, 0.5) is 5.82 Å². The molecule has 0 saturated heterocycles. The number of fused-ring (bicyclic) bond motifs is 3. The van der Waals surface area contributed by atoms with Crippen molar-refractivity contribution in [3.63, 3.8) is 0 Å². The van der Waals surface area contributed by atoms with Crippen LogP contribution >= 0.6 is 11.3 Å². The van der Waals surface area contributed by atoms with Gasteiger partial charge < -0.3 is 5.32 Å². The summed E-state index contributed by atoms with van der Waals surface area (Å²) in [5.74, 6) is 0.192. The van der Waals surface area contributed by atoms with Crippen molar-refractivity contribution in [2.24, 2.45) is 5.92 Å². The number of nitrogens with zero attached hydrogens (tertiary/aromatic N) is 5. The van der Waals surface area contributed by atoms with Crippen molar-refractivity contribution < 1.29 is 9.59 Å². The minimum atomic E-state index is -0.616. The van der Waals surface area contributed by atoms with Gasteiger partial charge in [0.2, 0.25) is 5.01 Å². The Morgan fingerprint density at radius 3 is 2.83 bits per heavy atom. The van der Waals surface area contributed by atoms with Gasteiger partial charge in [-0.1, -0.05) is 41.7 Å². The predicted molar refractivity (Wildman–Crippen MR) is 107 cm³/mol. The van der Waals surface area contributed by atoms with Gasteiger partial charge in [0.15, 0.2) is 5.82 Å². The minimum Gasteiger partial charge on any atom is -0.338 e. The van der Waals surface area contributed by atoms with E-state index in [0.717, 1.165) is 22.7 Å². The maximum atomic E-state index is 13.0. The molecule has 1 N–H and O–H groups in total. The lowest BCUT2D eigenvalue weighted by molar-refractivity contribution is -0.120. The highest BCUT2D eigenvalue weighted by Gasteiger charge is 2.53. The van der Waals surface area contributed by atoms with Crippen LogP contribution in [0.5, 0.6) is 0 Å².